The Kier molecular flexibility index (Phi) is 6.73. The molecule has 0 aliphatic carbocycles. The average molecular weight is 297 g/mol. The van der Waals surface area contributed by atoms with Gasteiger partial charge in [-0.2, -0.15) is 13.2 Å². The van der Waals surface area contributed by atoms with Crippen LogP contribution >= 0.6 is 0 Å². The number of carbonyl (C=O) groups is 2. The second-order valence-corrected chi connectivity index (χ2v) is 4.31. The zero-order valence-electron chi connectivity index (χ0n) is 11.0. The van der Waals surface area contributed by atoms with Gasteiger partial charge in [0.1, 0.15) is 0 Å². The van der Waals surface area contributed by atoms with Gasteiger partial charge in [-0.05, 0) is 0 Å². The highest BCUT2D eigenvalue weighted by atomic mass is 19.4. The molecule has 2 amide bonds. The van der Waals surface area contributed by atoms with Crippen molar-refractivity contribution in [2.24, 2.45) is 0 Å². The first-order valence-corrected chi connectivity index (χ1v) is 6.31. The summed E-state index contributed by atoms with van der Waals surface area (Å²) in [5.74, 6) is -2.42. The van der Waals surface area contributed by atoms with E-state index in [2.05, 4.69) is 10.2 Å². The number of ether oxygens (including phenoxy) is 1. The van der Waals surface area contributed by atoms with Crippen LogP contribution in [-0.4, -0.2) is 68.8 Å². The number of nitrogens with one attached hydrogen (secondary N) is 2. The lowest BCUT2D eigenvalue weighted by Crippen LogP contribution is -2.42. The lowest BCUT2D eigenvalue weighted by atomic mass is 10.3. The maximum absolute atomic E-state index is 11.9. The van der Waals surface area contributed by atoms with E-state index in [1.165, 1.54) is 0 Å². The Balaban J connectivity index is 2.04. The molecule has 0 aromatic heterocycles. The maximum Gasteiger partial charge on any atom is 0.471 e. The van der Waals surface area contributed by atoms with E-state index >= 15 is 0 Å². The summed E-state index contributed by atoms with van der Waals surface area (Å²) < 4.78 is 40.7. The Bertz CT molecular complexity index is 331. The van der Waals surface area contributed by atoms with Crippen LogP contribution in [0, 0.1) is 0 Å². The van der Waals surface area contributed by atoms with Gasteiger partial charge in [-0.15, -0.1) is 0 Å². The van der Waals surface area contributed by atoms with Crippen molar-refractivity contribution < 1.29 is 27.5 Å². The molecule has 9 heteroatoms. The summed E-state index contributed by atoms with van der Waals surface area (Å²) in [6, 6.07) is 0. The third-order valence-electron chi connectivity index (χ3n) is 2.75. The van der Waals surface area contributed by atoms with Crippen LogP contribution in [0.4, 0.5) is 13.2 Å². The zero-order valence-corrected chi connectivity index (χ0v) is 11.0. The van der Waals surface area contributed by atoms with Gasteiger partial charge in [0.2, 0.25) is 5.91 Å². The fraction of sp³-hybridized carbons (Fsp3) is 0.818. The van der Waals surface area contributed by atoms with E-state index in [0.29, 0.717) is 26.3 Å². The molecule has 20 heavy (non-hydrogen) atoms. The molecule has 1 saturated heterocycles. The van der Waals surface area contributed by atoms with Gasteiger partial charge in [0.25, 0.3) is 0 Å². The first-order valence-electron chi connectivity index (χ1n) is 6.31. The molecule has 1 rings (SSSR count). The van der Waals surface area contributed by atoms with E-state index in [-0.39, 0.29) is 18.9 Å². The number of nitrogens with zero attached hydrogens (tertiary/aromatic N) is 1. The Morgan fingerprint density at radius 1 is 1.10 bits per heavy atom. The summed E-state index contributed by atoms with van der Waals surface area (Å²) in [4.78, 5) is 23.9. The monoisotopic (exact) mass is 297 g/mol. The maximum atomic E-state index is 11.9. The molecule has 1 aliphatic rings. The minimum atomic E-state index is -4.91. The Morgan fingerprint density at radius 2 is 1.75 bits per heavy atom. The minimum absolute atomic E-state index is 0.176. The molecular weight excluding hydrogens is 279 g/mol. The molecule has 0 aromatic carbocycles. The summed E-state index contributed by atoms with van der Waals surface area (Å²) in [7, 11) is 0. The van der Waals surface area contributed by atoms with Gasteiger partial charge in [0, 0.05) is 39.1 Å². The lowest BCUT2D eigenvalue weighted by Gasteiger charge is -2.26. The van der Waals surface area contributed by atoms with Crippen molar-refractivity contribution in [1.82, 2.24) is 15.5 Å². The summed E-state index contributed by atoms with van der Waals surface area (Å²) in [5, 5.41) is 4.23. The van der Waals surface area contributed by atoms with Crippen LogP contribution in [0.1, 0.15) is 6.42 Å². The van der Waals surface area contributed by atoms with Crippen LogP contribution < -0.4 is 10.6 Å². The van der Waals surface area contributed by atoms with E-state index in [1.807, 2.05) is 0 Å². The Hall–Kier alpha value is -1.35. The summed E-state index contributed by atoms with van der Waals surface area (Å²) >= 11 is 0. The van der Waals surface area contributed by atoms with E-state index in [4.69, 9.17) is 4.74 Å². The van der Waals surface area contributed by atoms with Gasteiger partial charge in [-0.1, -0.05) is 0 Å². The molecule has 0 unspecified atom stereocenters. The van der Waals surface area contributed by atoms with E-state index in [0.717, 1.165) is 13.1 Å². The number of hydrogen-bond acceptors (Lipinski definition) is 4. The molecule has 116 valence electrons. The predicted molar refractivity (Wildman–Crippen MR) is 64.0 cm³/mol. The second-order valence-electron chi connectivity index (χ2n) is 4.31. The molecule has 6 nitrogen and oxygen atoms in total. The van der Waals surface area contributed by atoms with Crippen molar-refractivity contribution in [2.75, 3.05) is 45.9 Å². The molecule has 1 heterocycles. The molecule has 0 bridgehead atoms. The molecule has 1 fully saturated rings. The molecule has 0 spiro atoms. The predicted octanol–water partition coefficient (Wildman–Crippen LogP) is -0.497. The van der Waals surface area contributed by atoms with Crippen molar-refractivity contribution in [3.05, 3.63) is 0 Å². The highest BCUT2D eigenvalue weighted by Crippen LogP contribution is 2.13. The van der Waals surface area contributed by atoms with E-state index in [1.54, 1.807) is 5.32 Å². The van der Waals surface area contributed by atoms with Crippen molar-refractivity contribution in [3.63, 3.8) is 0 Å². The first kappa shape index (κ1) is 16.7. The normalized spacial score (nSPS) is 16.8. The van der Waals surface area contributed by atoms with Gasteiger partial charge >= 0.3 is 12.1 Å². The number of alkyl halides is 3. The molecule has 2 N–H and O–H groups in total. The van der Waals surface area contributed by atoms with E-state index in [9.17, 15) is 22.8 Å². The van der Waals surface area contributed by atoms with Gasteiger partial charge in [0.05, 0.1) is 13.2 Å². The van der Waals surface area contributed by atoms with Crippen molar-refractivity contribution in [1.29, 1.82) is 0 Å². The molecular formula is C11H18F3N3O3. The van der Waals surface area contributed by atoms with E-state index < -0.39 is 12.1 Å². The topological polar surface area (TPSA) is 70.7 Å². The lowest BCUT2D eigenvalue weighted by molar-refractivity contribution is -0.173. The Labute approximate surface area is 114 Å². The van der Waals surface area contributed by atoms with Crippen LogP contribution in [0.5, 0.6) is 0 Å². The highest BCUT2D eigenvalue weighted by molar-refractivity contribution is 5.82. The highest BCUT2D eigenvalue weighted by Gasteiger charge is 2.38. The number of rotatable bonds is 6. The van der Waals surface area contributed by atoms with Gasteiger partial charge in [0.15, 0.2) is 0 Å². The molecule has 0 saturated carbocycles. The number of amides is 2. The second kappa shape index (κ2) is 8.05. The third kappa shape index (κ3) is 6.71. The number of carbonyl (C=O) groups excluding carboxylic acids is 2. The van der Waals surface area contributed by atoms with Crippen LogP contribution in [0.3, 0.4) is 0 Å². The quantitative estimate of drug-likeness (QED) is 0.694. The molecule has 0 aromatic rings. The van der Waals surface area contributed by atoms with Crippen LogP contribution in [0.15, 0.2) is 0 Å². The summed E-state index contributed by atoms with van der Waals surface area (Å²) in [5.41, 5.74) is 0. The number of hydrogen-bond donors (Lipinski definition) is 2. The van der Waals surface area contributed by atoms with Crippen molar-refractivity contribution in [2.45, 2.75) is 12.6 Å². The fourth-order valence-corrected chi connectivity index (χ4v) is 1.66. The van der Waals surface area contributed by atoms with Gasteiger partial charge < -0.3 is 15.4 Å². The largest absolute Gasteiger partial charge is 0.471 e. The van der Waals surface area contributed by atoms with Crippen LogP contribution in [0.25, 0.3) is 0 Å². The molecule has 0 radical (unpaired) electrons. The van der Waals surface area contributed by atoms with Gasteiger partial charge in [-0.25, -0.2) is 0 Å². The Morgan fingerprint density at radius 3 is 2.35 bits per heavy atom. The zero-order chi connectivity index (χ0) is 15.0. The SMILES string of the molecule is O=C(CCNC(=O)C(F)(F)F)NCCN1CCOCC1. The smallest absolute Gasteiger partial charge is 0.379 e. The van der Waals surface area contributed by atoms with Crippen molar-refractivity contribution in [3.8, 4) is 0 Å². The number of halogens is 3. The summed E-state index contributed by atoms with van der Waals surface area (Å²) in [6.07, 6.45) is -5.09. The van der Waals surface area contributed by atoms with Crippen LogP contribution in [-0.2, 0) is 14.3 Å². The fourth-order valence-electron chi connectivity index (χ4n) is 1.66. The number of morpholine rings is 1. The summed E-state index contributed by atoms with van der Waals surface area (Å²) in [6.45, 7) is 3.70. The molecule has 1 aliphatic heterocycles. The average Bonchev–Trinajstić information content (AvgIpc) is 2.38. The minimum Gasteiger partial charge on any atom is -0.379 e. The van der Waals surface area contributed by atoms with Crippen LogP contribution in [0.2, 0.25) is 0 Å². The van der Waals surface area contributed by atoms with Crippen molar-refractivity contribution >= 4 is 11.8 Å². The van der Waals surface area contributed by atoms with Gasteiger partial charge in [-0.3, -0.25) is 14.5 Å². The first-order chi connectivity index (χ1) is 9.39. The molecule has 0 atom stereocenters. The standard InChI is InChI=1S/C11H18F3N3O3/c12-11(13,14)10(19)16-2-1-9(18)15-3-4-17-5-7-20-8-6-17/h1-8H2,(H,15,18)(H,16,19). The third-order valence-corrected chi connectivity index (χ3v) is 2.75.